The smallest absolute Gasteiger partial charge is 0.475 e. The van der Waals surface area contributed by atoms with Crippen molar-refractivity contribution in [2.24, 2.45) is 5.92 Å². The molecule has 0 saturated carbocycles. The number of carbonyl (C=O) groups is 2. The van der Waals surface area contributed by atoms with Crippen molar-refractivity contribution in [2.45, 2.75) is 37.7 Å². The van der Waals surface area contributed by atoms with Crippen molar-refractivity contribution in [1.29, 1.82) is 0 Å². The fraction of sp³-hybridized carbons (Fsp3) is 0.474. The lowest BCUT2D eigenvalue weighted by atomic mass is 9.89. The highest BCUT2D eigenvalue weighted by Gasteiger charge is 2.43. The second kappa shape index (κ2) is 9.94. The Kier molecular flexibility index (Phi) is 7.28. The van der Waals surface area contributed by atoms with Gasteiger partial charge < -0.3 is 24.5 Å². The number of ether oxygens (including phenoxy) is 1. The molecule has 2 aliphatic heterocycles. The van der Waals surface area contributed by atoms with E-state index in [4.69, 9.17) is 19.1 Å². The maximum absolute atomic E-state index is 13.1. The van der Waals surface area contributed by atoms with E-state index in [-0.39, 0.29) is 24.0 Å². The van der Waals surface area contributed by atoms with E-state index < -0.39 is 18.0 Å². The number of nitrogens with zero attached hydrogens (tertiary/aromatic N) is 3. The Morgan fingerprint density at radius 3 is 2.56 bits per heavy atom. The van der Waals surface area contributed by atoms with Crippen molar-refractivity contribution in [3.8, 4) is 0 Å². The summed E-state index contributed by atoms with van der Waals surface area (Å²) in [6.45, 7) is 1.48. The summed E-state index contributed by atoms with van der Waals surface area (Å²) < 4.78 is 55.9. The molecule has 32 heavy (non-hydrogen) atoms. The minimum Gasteiger partial charge on any atom is -0.475 e. The van der Waals surface area contributed by atoms with E-state index >= 15 is 0 Å². The molecular formula is C19H20F4N4O5. The number of aliphatic carboxylic acids is 1. The van der Waals surface area contributed by atoms with Crippen LogP contribution < -0.4 is 10.2 Å². The van der Waals surface area contributed by atoms with Crippen LogP contribution >= 0.6 is 0 Å². The minimum absolute atomic E-state index is 0.0400. The van der Waals surface area contributed by atoms with E-state index in [1.54, 1.807) is 12.3 Å². The van der Waals surface area contributed by atoms with Crippen molar-refractivity contribution in [3.05, 3.63) is 42.4 Å². The number of nitrogens with one attached hydrogen (secondary N) is 1. The van der Waals surface area contributed by atoms with E-state index in [1.807, 2.05) is 11.0 Å². The first-order valence-electron chi connectivity index (χ1n) is 9.61. The van der Waals surface area contributed by atoms with Crippen LogP contribution in [0, 0.1) is 11.7 Å². The SMILES string of the molecule is O=C(NCc1ccco1)[C@H]1C[C@H]2OCC[C@H]2N(c2ncc(F)cn2)C1.O=C(O)C(F)(F)F. The van der Waals surface area contributed by atoms with Gasteiger partial charge in [-0.1, -0.05) is 0 Å². The molecule has 0 unspecified atom stereocenters. The molecule has 2 saturated heterocycles. The molecule has 0 radical (unpaired) electrons. The van der Waals surface area contributed by atoms with Gasteiger partial charge in [0.25, 0.3) is 0 Å². The molecule has 4 heterocycles. The number of fused-ring (bicyclic) bond motifs is 1. The topological polar surface area (TPSA) is 118 Å². The number of hydrogen-bond acceptors (Lipinski definition) is 7. The summed E-state index contributed by atoms with van der Waals surface area (Å²) in [7, 11) is 0. The lowest BCUT2D eigenvalue weighted by Crippen LogP contribution is -2.53. The van der Waals surface area contributed by atoms with Gasteiger partial charge in [0, 0.05) is 13.2 Å². The highest BCUT2D eigenvalue weighted by molar-refractivity contribution is 5.79. The van der Waals surface area contributed by atoms with Crippen LogP contribution in [-0.2, 0) is 20.9 Å². The number of carboxylic acid groups (broad SMARTS) is 1. The van der Waals surface area contributed by atoms with Gasteiger partial charge in [-0.15, -0.1) is 0 Å². The van der Waals surface area contributed by atoms with Crippen LogP contribution in [0.2, 0.25) is 0 Å². The summed E-state index contributed by atoms with van der Waals surface area (Å²) >= 11 is 0. The summed E-state index contributed by atoms with van der Waals surface area (Å²) in [6, 6.07) is 3.72. The summed E-state index contributed by atoms with van der Waals surface area (Å²) in [5, 5.41) is 10.0. The molecule has 13 heteroatoms. The third-order valence-corrected chi connectivity index (χ3v) is 5.00. The van der Waals surface area contributed by atoms with Gasteiger partial charge in [-0.2, -0.15) is 13.2 Å². The molecule has 0 spiro atoms. The predicted molar refractivity (Wildman–Crippen MR) is 99.8 cm³/mol. The number of carboxylic acids is 1. The van der Waals surface area contributed by atoms with Crippen molar-refractivity contribution >= 4 is 17.8 Å². The second-order valence-electron chi connectivity index (χ2n) is 7.15. The molecule has 4 rings (SSSR count). The molecule has 0 aromatic carbocycles. The van der Waals surface area contributed by atoms with Crippen molar-refractivity contribution < 1.29 is 41.4 Å². The number of aromatic nitrogens is 2. The molecule has 2 N–H and O–H groups in total. The second-order valence-corrected chi connectivity index (χ2v) is 7.15. The first-order chi connectivity index (χ1) is 15.1. The molecule has 9 nitrogen and oxygen atoms in total. The zero-order valence-electron chi connectivity index (χ0n) is 16.6. The van der Waals surface area contributed by atoms with Crippen molar-refractivity contribution in [1.82, 2.24) is 15.3 Å². The van der Waals surface area contributed by atoms with Crippen LogP contribution in [0.3, 0.4) is 0 Å². The number of hydrogen-bond donors (Lipinski definition) is 2. The van der Waals surface area contributed by atoms with E-state index in [2.05, 4.69) is 15.3 Å². The zero-order chi connectivity index (χ0) is 23.3. The van der Waals surface area contributed by atoms with Gasteiger partial charge in [0.15, 0.2) is 5.82 Å². The average Bonchev–Trinajstić information content (AvgIpc) is 3.43. The average molecular weight is 460 g/mol. The van der Waals surface area contributed by atoms with Crippen LogP contribution in [0.15, 0.2) is 35.2 Å². The van der Waals surface area contributed by atoms with Gasteiger partial charge in [0.2, 0.25) is 11.9 Å². The van der Waals surface area contributed by atoms with Crippen LogP contribution in [0.5, 0.6) is 0 Å². The Hall–Kier alpha value is -3.22. The van der Waals surface area contributed by atoms with Gasteiger partial charge in [-0.3, -0.25) is 4.79 Å². The number of halogens is 4. The highest BCUT2D eigenvalue weighted by Crippen LogP contribution is 2.33. The van der Waals surface area contributed by atoms with E-state index in [0.29, 0.717) is 37.8 Å². The molecule has 174 valence electrons. The Morgan fingerprint density at radius 2 is 1.97 bits per heavy atom. The molecule has 2 aromatic rings. The minimum atomic E-state index is -5.08. The number of alkyl halides is 3. The quantitative estimate of drug-likeness (QED) is 0.667. The summed E-state index contributed by atoms with van der Waals surface area (Å²) in [6.07, 6.45) is 0.258. The van der Waals surface area contributed by atoms with Crippen LogP contribution in [0.25, 0.3) is 0 Å². The Labute approximate surface area is 179 Å². The lowest BCUT2D eigenvalue weighted by Gasteiger charge is -2.40. The van der Waals surface area contributed by atoms with Gasteiger partial charge in [-0.25, -0.2) is 19.2 Å². The lowest BCUT2D eigenvalue weighted by molar-refractivity contribution is -0.192. The van der Waals surface area contributed by atoms with E-state index in [9.17, 15) is 22.4 Å². The normalized spacial score (nSPS) is 22.5. The van der Waals surface area contributed by atoms with E-state index in [1.165, 1.54) is 0 Å². The first kappa shape index (κ1) is 23.4. The number of anilines is 1. The summed E-state index contributed by atoms with van der Waals surface area (Å²) in [5.74, 6) is -2.40. The molecule has 2 aromatic heterocycles. The van der Waals surface area contributed by atoms with Gasteiger partial charge >= 0.3 is 12.1 Å². The van der Waals surface area contributed by atoms with Crippen molar-refractivity contribution in [3.63, 3.8) is 0 Å². The predicted octanol–water partition coefficient (Wildman–Crippen LogP) is 2.14. The third-order valence-electron chi connectivity index (χ3n) is 5.00. The largest absolute Gasteiger partial charge is 0.490 e. The number of piperidine rings is 1. The van der Waals surface area contributed by atoms with Crippen LogP contribution in [0.1, 0.15) is 18.6 Å². The van der Waals surface area contributed by atoms with Crippen molar-refractivity contribution in [2.75, 3.05) is 18.1 Å². The van der Waals surface area contributed by atoms with Crippen LogP contribution in [0.4, 0.5) is 23.5 Å². The molecule has 2 aliphatic rings. The number of rotatable bonds is 4. The molecule has 2 fully saturated rings. The maximum atomic E-state index is 13.1. The Balaban J connectivity index is 0.000000360. The molecule has 0 bridgehead atoms. The molecular weight excluding hydrogens is 440 g/mol. The zero-order valence-corrected chi connectivity index (χ0v) is 16.6. The number of amides is 1. The van der Waals surface area contributed by atoms with E-state index in [0.717, 1.165) is 18.8 Å². The monoisotopic (exact) mass is 460 g/mol. The maximum Gasteiger partial charge on any atom is 0.490 e. The summed E-state index contributed by atoms with van der Waals surface area (Å²) in [5.41, 5.74) is 0. The Bertz CT molecular complexity index is 907. The molecule has 3 atom stereocenters. The number of furan rings is 1. The van der Waals surface area contributed by atoms with Gasteiger partial charge in [0.1, 0.15) is 5.76 Å². The fourth-order valence-electron chi connectivity index (χ4n) is 3.55. The standard InChI is InChI=1S/C17H19FN4O3.C2HF3O2/c18-12-7-20-17(21-8-12)22-10-11(6-15-14(22)3-5-25-15)16(23)19-9-13-2-1-4-24-13;3-2(4,5)1(6)7/h1-2,4,7-8,11,14-15H,3,5-6,9-10H2,(H,19,23);(H,6,7)/t11-,14+,15+;/m0./s1. The highest BCUT2D eigenvalue weighted by atomic mass is 19.4. The summed E-state index contributed by atoms with van der Waals surface area (Å²) in [4.78, 5) is 31.6. The molecule has 1 amide bonds. The Morgan fingerprint density at radius 1 is 1.28 bits per heavy atom. The fourth-order valence-corrected chi connectivity index (χ4v) is 3.55. The van der Waals surface area contributed by atoms with Crippen LogP contribution in [-0.4, -0.2) is 58.4 Å². The third kappa shape index (κ3) is 5.93. The first-order valence-corrected chi connectivity index (χ1v) is 9.61. The van der Waals surface area contributed by atoms with Gasteiger partial charge in [-0.05, 0) is 25.0 Å². The molecule has 0 aliphatic carbocycles. The number of carbonyl (C=O) groups excluding carboxylic acids is 1. The van der Waals surface area contributed by atoms with Gasteiger partial charge in [0.05, 0.1) is 43.3 Å².